The first kappa shape index (κ1) is 16.8. The molecule has 2 rings (SSSR count). The Balaban J connectivity index is 1.79. The summed E-state index contributed by atoms with van der Waals surface area (Å²) >= 11 is 3.44. The van der Waals surface area contributed by atoms with Gasteiger partial charge in [0.1, 0.15) is 0 Å². The van der Waals surface area contributed by atoms with Crippen LogP contribution in [0.1, 0.15) is 23.4 Å². The first-order valence-electron chi connectivity index (χ1n) is 7.19. The van der Waals surface area contributed by atoms with E-state index in [0.29, 0.717) is 12.5 Å². The molecule has 0 bridgehead atoms. The molecule has 7 heteroatoms. The average molecular weight is 338 g/mol. The van der Waals surface area contributed by atoms with E-state index in [4.69, 9.17) is 0 Å². The van der Waals surface area contributed by atoms with Crippen LogP contribution in [0, 0.1) is 0 Å². The van der Waals surface area contributed by atoms with Crippen molar-refractivity contribution in [1.29, 1.82) is 0 Å². The third kappa shape index (κ3) is 4.71. The molecule has 0 radical (unpaired) electrons. The van der Waals surface area contributed by atoms with E-state index in [1.807, 2.05) is 19.0 Å². The summed E-state index contributed by atoms with van der Waals surface area (Å²) in [7, 11) is 5.79. The molecule has 0 saturated heterocycles. The van der Waals surface area contributed by atoms with Crippen molar-refractivity contribution in [1.82, 2.24) is 15.6 Å². The van der Waals surface area contributed by atoms with Crippen LogP contribution in [0.25, 0.3) is 0 Å². The number of guanidine groups is 1. The maximum Gasteiger partial charge on any atom is 0.191 e. The fraction of sp³-hybridized carbons (Fsp3) is 0.467. The summed E-state index contributed by atoms with van der Waals surface area (Å²) in [4.78, 5) is 12.2. The van der Waals surface area contributed by atoms with Crippen molar-refractivity contribution in [3.05, 3.63) is 33.5 Å². The molecule has 22 heavy (non-hydrogen) atoms. The molecule has 0 saturated carbocycles. The number of rotatable bonds is 6. The van der Waals surface area contributed by atoms with E-state index in [2.05, 4.69) is 50.4 Å². The quantitative estimate of drug-likeness (QED) is 0.629. The minimum Gasteiger partial charge on any atom is -0.356 e. The highest BCUT2D eigenvalue weighted by molar-refractivity contribution is 7.13. The molecule has 1 unspecified atom stereocenters. The zero-order chi connectivity index (χ0) is 15.9. The summed E-state index contributed by atoms with van der Waals surface area (Å²) in [5.41, 5.74) is 1.03. The molecule has 0 aliphatic heterocycles. The van der Waals surface area contributed by atoms with Gasteiger partial charge in [-0.05, 0) is 11.4 Å². The van der Waals surface area contributed by atoms with E-state index in [0.717, 1.165) is 23.3 Å². The molecule has 0 amide bonds. The molecule has 2 aromatic rings. The average Bonchev–Trinajstić information content (AvgIpc) is 3.18. The molecule has 5 nitrogen and oxygen atoms in total. The molecule has 1 atom stereocenters. The van der Waals surface area contributed by atoms with Gasteiger partial charge in [-0.1, -0.05) is 13.0 Å². The van der Waals surface area contributed by atoms with Gasteiger partial charge in [0.25, 0.3) is 0 Å². The number of hydrogen-bond acceptors (Lipinski definition) is 5. The molecule has 0 fully saturated rings. The number of nitrogens with one attached hydrogen (secondary N) is 2. The summed E-state index contributed by atoms with van der Waals surface area (Å²) in [6.45, 7) is 3.76. The first-order valence-corrected chi connectivity index (χ1v) is 8.95. The lowest BCUT2D eigenvalue weighted by atomic mass is 10.1. The maximum atomic E-state index is 4.55. The summed E-state index contributed by atoms with van der Waals surface area (Å²) < 4.78 is 0. The van der Waals surface area contributed by atoms with Crippen LogP contribution in [0.15, 0.2) is 27.9 Å². The van der Waals surface area contributed by atoms with Crippen molar-refractivity contribution in [2.24, 2.45) is 4.99 Å². The Morgan fingerprint density at radius 2 is 2.18 bits per heavy atom. The second-order valence-corrected chi connectivity index (χ2v) is 7.05. The van der Waals surface area contributed by atoms with Crippen LogP contribution in [-0.2, 0) is 6.54 Å². The predicted molar refractivity (Wildman–Crippen MR) is 97.4 cm³/mol. The molecule has 2 heterocycles. The van der Waals surface area contributed by atoms with E-state index < -0.39 is 0 Å². The molecule has 0 aliphatic carbocycles. The normalized spacial score (nSPS) is 13.0. The minimum absolute atomic E-state index is 0.471. The van der Waals surface area contributed by atoms with Crippen LogP contribution in [0.5, 0.6) is 0 Å². The van der Waals surface area contributed by atoms with Crippen molar-refractivity contribution in [3.8, 4) is 0 Å². The van der Waals surface area contributed by atoms with Crippen LogP contribution >= 0.6 is 22.7 Å². The lowest BCUT2D eigenvalue weighted by Crippen LogP contribution is -2.38. The Morgan fingerprint density at radius 1 is 1.36 bits per heavy atom. The second kappa shape index (κ2) is 8.14. The number of aromatic nitrogens is 1. The Labute approximate surface area is 140 Å². The molecule has 2 N–H and O–H groups in total. The van der Waals surface area contributed by atoms with Crippen LogP contribution in [0.3, 0.4) is 0 Å². The third-order valence-corrected chi connectivity index (χ3v) is 5.35. The number of thiophene rings is 1. The zero-order valence-electron chi connectivity index (χ0n) is 13.5. The Bertz CT molecular complexity index is 589. The standard InChI is InChI=1S/C15H23N5S2/c1-11(13-6-5-7-21-13)8-17-14(16-2)18-9-12-10-22-15(19-12)20(3)4/h5-7,10-11H,8-9H2,1-4H3,(H2,16,17,18). The third-order valence-electron chi connectivity index (χ3n) is 3.19. The molecular formula is C15H23N5S2. The maximum absolute atomic E-state index is 4.55. The molecule has 2 aromatic heterocycles. The zero-order valence-corrected chi connectivity index (χ0v) is 15.1. The number of hydrogen-bond donors (Lipinski definition) is 2. The van der Waals surface area contributed by atoms with Gasteiger partial charge in [0.05, 0.1) is 12.2 Å². The van der Waals surface area contributed by atoms with E-state index in [1.54, 1.807) is 29.7 Å². The Morgan fingerprint density at radius 3 is 2.77 bits per heavy atom. The van der Waals surface area contributed by atoms with Gasteiger partial charge < -0.3 is 15.5 Å². The fourth-order valence-corrected chi connectivity index (χ4v) is 3.45. The van der Waals surface area contributed by atoms with E-state index in [1.165, 1.54) is 4.88 Å². The van der Waals surface area contributed by atoms with Crippen LogP contribution < -0.4 is 15.5 Å². The van der Waals surface area contributed by atoms with Crippen LogP contribution in [0.4, 0.5) is 5.13 Å². The highest BCUT2D eigenvalue weighted by Crippen LogP contribution is 2.19. The molecular weight excluding hydrogens is 314 g/mol. The highest BCUT2D eigenvalue weighted by Gasteiger charge is 2.08. The summed E-state index contributed by atoms with van der Waals surface area (Å²) in [6.07, 6.45) is 0. The number of anilines is 1. The summed E-state index contributed by atoms with van der Waals surface area (Å²) in [5.74, 6) is 1.28. The number of aliphatic imine (C=N–C) groups is 1. The topological polar surface area (TPSA) is 52.6 Å². The van der Waals surface area contributed by atoms with E-state index in [-0.39, 0.29) is 0 Å². The molecule has 120 valence electrons. The highest BCUT2D eigenvalue weighted by atomic mass is 32.1. The largest absolute Gasteiger partial charge is 0.356 e. The van der Waals surface area contributed by atoms with Crippen LogP contribution in [0.2, 0.25) is 0 Å². The summed E-state index contributed by atoms with van der Waals surface area (Å²) in [6, 6.07) is 4.26. The van der Waals surface area contributed by atoms with Gasteiger partial charge in [-0.15, -0.1) is 22.7 Å². The second-order valence-electron chi connectivity index (χ2n) is 5.24. The Kier molecular flexibility index (Phi) is 6.21. The van der Waals surface area contributed by atoms with Gasteiger partial charge in [-0.2, -0.15) is 0 Å². The van der Waals surface area contributed by atoms with Crippen LogP contribution in [-0.4, -0.2) is 38.6 Å². The number of nitrogens with zero attached hydrogens (tertiary/aromatic N) is 3. The van der Waals surface area contributed by atoms with Gasteiger partial charge >= 0.3 is 0 Å². The van der Waals surface area contributed by atoms with Gasteiger partial charge in [0.15, 0.2) is 11.1 Å². The first-order chi connectivity index (χ1) is 10.6. The van der Waals surface area contributed by atoms with Gasteiger partial charge in [0.2, 0.25) is 0 Å². The smallest absolute Gasteiger partial charge is 0.191 e. The fourth-order valence-electron chi connectivity index (χ4n) is 1.90. The van der Waals surface area contributed by atoms with E-state index in [9.17, 15) is 0 Å². The van der Waals surface area contributed by atoms with Crippen molar-refractivity contribution < 1.29 is 0 Å². The monoisotopic (exact) mass is 337 g/mol. The Hall–Kier alpha value is -1.60. The van der Waals surface area contributed by atoms with Crippen molar-refractivity contribution in [2.45, 2.75) is 19.4 Å². The molecule has 0 spiro atoms. The molecule has 0 aliphatic rings. The van der Waals surface area contributed by atoms with E-state index >= 15 is 0 Å². The predicted octanol–water partition coefficient (Wildman–Crippen LogP) is 2.74. The minimum atomic E-state index is 0.471. The SMILES string of the molecule is CN=C(NCc1csc(N(C)C)n1)NCC(C)c1cccs1. The number of thiazole rings is 1. The lowest BCUT2D eigenvalue weighted by molar-refractivity contribution is 0.706. The van der Waals surface area contributed by atoms with Crippen molar-refractivity contribution in [2.75, 3.05) is 32.6 Å². The lowest BCUT2D eigenvalue weighted by Gasteiger charge is -2.14. The summed E-state index contributed by atoms with van der Waals surface area (Å²) in [5, 5.41) is 11.9. The van der Waals surface area contributed by atoms with Crippen molar-refractivity contribution in [3.63, 3.8) is 0 Å². The molecule has 0 aromatic carbocycles. The van der Waals surface area contributed by atoms with Gasteiger partial charge in [-0.3, -0.25) is 4.99 Å². The van der Waals surface area contributed by atoms with Crippen molar-refractivity contribution >= 4 is 33.8 Å². The van der Waals surface area contributed by atoms with Gasteiger partial charge in [-0.25, -0.2) is 4.98 Å². The van der Waals surface area contributed by atoms with Gasteiger partial charge in [0, 0.05) is 43.9 Å².